The van der Waals surface area contributed by atoms with Gasteiger partial charge in [0.2, 0.25) is 0 Å². The van der Waals surface area contributed by atoms with Crippen molar-refractivity contribution in [2.45, 2.75) is 31.3 Å². The third-order valence-electron chi connectivity index (χ3n) is 5.38. The first kappa shape index (κ1) is 27.5. The fourth-order valence-corrected chi connectivity index (χ4v) is 3.56. The molecule has 4 rings (SSSR count). The predicted octanol–water partition coefficient (Wildman–Crippen LogP) is 5.42. The number of alkyl halides is 6. The number of anilines is 1. The Morgan fingerprint density at radius 2 is 1.72 bits per heavy atom. The second-order valence-corrected chi connectivity index (χ2v) is 8.26. The van der Waals surface area contributed by atoms with Gasteiger partial charge in [0.05, 0.1) is 7.11 Å². The summed E-state index contributed by atoms with van der Waals surface area (Å²) in [4.78, 5) is 31.8. The molecule has 0 radical (unpaired) electrons. The van der Waals surface area contributed by atoms with Gasteiger partial charge < -0.3 is 25.3 Å². The average molecular weight is 556 g/mol. The summed E-state index contributed by atoms with van der Waals surface area (Å²) in [6.07, 6.45) is -7.84. The van der Waals surface area contributed by atoms with Crippen LogP contribution >= 0.6 is 0 Å². The van der Waals surface area contributed by atoms with Crippen molar-refractivity contribution in [1.29, 1.82) is 0 Å². The van der Waals surface area contributed by atoms with Crippen molar-refractivity contribution in [2.75, 3.05) is 12.4 Å². The smallest absolute Gasteiger partial charge is 0.493 e. The number of nitrogens with one attached hydrogen (secondary N) is 1. The molecule has 1 aliphatic carbocycles. The number of rotatable bonds is 8. The van der Waals surface area contributed by atoms with Gasteiger partial charge in [-0.05, 0) is 54.7 Å². The minimum absolute atomic E-state index is 0.0254. The second-order valence-electron chi connectivity index (χ2n) is 8.26. The average Bonchev–Trinajstić information content (AvgIpc) is 3.68. The molecule has 1 aromatic carbocycles. The lowest BCUT2D eigenvalue weighted by Crippen LogP contribution is -2.21. The number of nitrogens with zero attached hydrogens (tertiary/aromatic N) is 2. The summed E-state index contributed by atoms with van der Waals surface area (Å²) < 4.78 is 94.0. The van der Waals surface area contributed by atoms with Crippen LogP contribution in [0, 0.1) is 0 Å². The van der Waals surface area contributed by atoms with Gasteiger partial charge in [-0.15, -0.1) is 13.2 Å². The van der Waals surface area contributed by atoms with E-state index in [0.29, 0.717) is 12.8 Å². The summed E-state index contributed by atoms with van der Waals surface area (Å²) in [6.45, 7) is 0. The number of primary amides is 1. The minimum atomic E-state index is -4.99. The molecule has 1 aliphatic rings. The van der Waals surface area contributed by atoms with Gasteiger partial charge in [0.1, 0.15) is 17.1 Å². The first-order valence-electron chi connectivity index (χ1n) is 11.1. The van der Waals surface area contributed by atoms with E-state index < -0.39 is 53.2 Å². The fourth-order valence-electron chi connectivity index (χ4n) is 3.56. The molecule has 2 aromatic heterocycles. The van der Waals surface area contributed by atoms with E-state index in [4.69, 9.17) is 15.2 Å². The Balaban J connectivity index is 1.77. The summed E-state index contributed by atoms with van der Waals surface area (Å²) in [5.41, 5.74) is 2.65. The Labute approximate surface area is 215 Å². The van der Waals surface area contributed by atoms with E-state index in [0.717, 1.165) is 43.6 Å². The second kappa shape index (κ2) is 10.3. The summed E-state index contributed by atoms with van der Waals surface area (Å²) in [5, 5.41) is 2.31. The van der Waals surface area contributed by atoms with E-state index in [-0.39, 0.29) is 28.4 Å². The van der Waals surface area contributed by atoms with Crippen LogP contribution in [-0.2, 0) is 6.18 Å². The van der Waals surface area contributed by atoms with E-state index in [1.165, 1.54) is 6.07 Å². The number of hydrogen-bond acceptors (Lipinski definition) is 7. The molecule has 206 valence electrons. The zero-order valence-corrected chi connectivity index (χ0v) is 19.8. The fraction of sp³-hybridized carbons (Fsp3) is 0.250. The molecule has 0 saturated heterocycles. The number of carbonyl (C=O) groups is 2. The molecule has 0 bridgehead atoms. The maximum Gasteiger partial charge on any atom is 0.573 e. The molecule has 1 fully saturated rings. The Hall–Kier alpha value is -4.56. The van der Waals surface area contributed by atoms with E-state index in [1.807, 2.05) is 0 Å². The number of pyridine rings is 2. The van der Waals surface area contributed by atoms with Gasteiger partial charge in [-0.1, -0.05) is 0 Å². The van der Waals surface area contributed by atoms with Crippen LogP contribution in [0.15, 0.2) is 42.6 Å². The van der Waals surface area contributed by atoms with Crippen LogP contribution in [0.3, 0.4) is 0 Å². The largest absolute Gasteiger partial charge is 0.573 e. The van der Waals surface area contributed by atoms with Gasteiger partial charge in [0, 0.05) is 18.0 Å². The molecule has 9 nitrogen and oxygen atoms in total. The molecule has 15 heteroatoms. The van der Waals surface area contributed by atoms with Gasteiger partial charge in [0.25, 0.3) is 11.8 Å². The van der Waals surface area contributed by atoms with Crippen molar-refractivity contribution in [1.82, 2.24) is 9.97 Å². The molecule has 0 unspecified atom stereocenters. The molecule has 1 saturated carbocycles. The highest BCUT2D eigenvalue weighted by Gasteiger charge is 2.42. The Morgan fingerprint density at radius 1 is 1.00 bits per heavy atom. The van der Waals surface area contributed by atoms with E-state index in [1.54, 1.807) is 0 Å². The van der Waals surface area contributed by atoms with Crippen LogP contribution in [-0.4, -0.2) is 35.3 Å². The van der Waals surface area contributed by atoms with Crippen LogP contribution in [0.25, 0.3) is 0 Å². The van der Waals surface area contributed by atoms with Crippen LogP contribution in [0.2, 0.25) is 0 Å². The lowest BCUT2D eigenvalue weighted by molar-refractivity contribution is -0.274. The third kappa shape index (κ3) is 6.66. The number of amides is 2. The van der Waals surface area contributed by atoms with Gasteiger partial charge >= 0.3 is 12.5 Å². The van der Waals surface area contributed by atoms with E-state index in [2.05, 4.69) is 20.0 Å². The topological polar surface area (TPSA) is 126 Å². The number of methoxy groups -OCH3 is 1. The van der Waals surface area contributed by atoms with Crippen LogP contribution < -0.4 is 25.3 Å². The van der Waals surface area contributed by atoms with Crippen molar-refractivity contribution in [2.24, 2.45) is 5.73 Å². The van der Waals surface area contributed by atoms with Gasteiger partial charge in [-0.3, -0.25) is 14.6 Å². The van der Waals surface area contributed by atoms with E-state index >= 15 is 0 Å². The molecular weight excluding hydrogens is 538 g/mol. The first-order valence-corrected chi connectivity index (χ1v) is 11.1. The lowest BCUT2D eigenvalue weighted by Gasteiger charge is -2.18. The normalized spacial score (nSPS) is 13.5. The molecule has 0 spiro atoms. The molecule has 3 aromatic rings. The zero-order valence-electron chi connectivity index (χ0n) is 19.8. The molecule has 2 amide bonds. The number of aromatic nitrogens is 2. The number of ether oxygens (including phenoxy) is 3. The third-order valence-corrected chi connectivity index (χ3v) is 5.38. The number of nitrogens with two attached hydrogens (primary N) is 1. The Kier molecular flexibility index (Phi) is 7.26. The summed E-state index contributed by atoms with van der Waals surface area (Å²) >= 11 is 0. The van der Waals surface area contributed by atoms with Crippen molar-refractivity contribution in [3.8, 4) is 23.0 Å². The standard InChI is InChI=1S/C24H18F6N4O5/c1-37-17-9-13(39-24(28,29)30)4-5-16(17)38-18-10-14(11-2-3-11)20(23(25,26)27)34-19(18)22(36)33-12-6-7-32-15(8-12)21(31)35/h4-11H,2-3H2,1H3,(H2,31,35)(H,32,33,36). The lowest BCUT2D eigenvalue weighted by atomic mass is 10.1. The van der Waals surface area contributed by atoms with Crippen LogP contribution in [0.5, 0.6) is 23.0 Å². The number of carbonyl (C=O) groups excluding carboxylic acids is 2. The molecule has 3 N–H and O–H groups in total. The summed E-state index contributed by atoms with van der Waals surface area (Å²) in [7, 11) is 1.12. The highest BCUT2D eigenvalue weighted by Crippen LogP contribution is 2.47. The monoisotopic (exact) mass is 556 g/mol. The van der Waals surface area contributed by atoms with Crippen LogP contribution in [0.1, 0.15) is 51.0 Å². The van der Waals surface area contributed by atoms with Crippen molar-refractivity contribution < 1.29 is 50.1 Å². The Morgan fingerprint density at radius 3 is 2.31 bits per heavy atom. The highest BCUT2D eigenvalue weighted by atomic mass is 19.4. The highest BCUT2D eigenvalue weighted by molar-refractivity contribution is 6.05. The number of benzene rings is 1. The molecule has 0 aliphatic heterocycles. The quantitative estimate of drug-likeness (QED) is 0.355. The molecule has 0 atom stereocenters. The summed E-state index contributed by atoms with van der Waals surface area (Å²) in [5.74, 6) is -4.09. The number of hydrogen-bond donors (Lipinski definition) is 2. The SMILES string of the molecule is COc1cc(OC(F)(F)F)ccc1Oc1cc(C2CC2)c(C(F)(F)F)nc1C(=O)Nc1ccnc(C(N)=O)c1. The molecule has 39 heavy (non-hydrogen) atoms. The predicted molar refractivity (Wildman–Crippen MR) is 122 cm³/mol. The Bertz CT molecular complexity index is 1420. The van der Waals surface area contributed by atoms with Gasteiger partial charge in [0.15, 0.2) is 22.9 Å². The van der Waals surface area contributed by atoms with Crippen molar-refractivity contribution in [3.05, 3.63) is 65.2 Å². The van der Waals surface area contributed by atoms with Crippen LogP contribution in [0.4, 0.5) is 32.0 Å². The zero-order chi connectivity index (χ0) is 28.5. The number of halogens is 6. The molecular formula is C24H18F6N4O5. The maximum absolute atomic E-state index is 13.9. The van der Waals surface area contributed by atoms with Crippen molar-refractivity contribution >= 4 is 17.5 Å². The van der Waals surface area contributed by atoms with E-state index in [9.17, 15) is 35.9 Å². The van der Waals surface area contributed by atoms with Gasteiger partial charge in [-0.2, -0.15) is 13.2 Å². The van der Waals surface area contributed by atoms with Crippen molar-refractivity contribution in [3.63, 3.8) is 0 Å². The maximum atomic E-state index is 13.9. The minimum Gasteiger partial charge on any atom is -0.493 e. The first-order chi connectivity index (χ1) is 18.2. The summed E-state index contributed by atoms with van der Waals surface area (Å²) in [6, 6.07) is 6.15. The molecule has 2 heterocycles. The van der Waals surface area contributed by atoms with Gasteiger partial charge in [-0.25, -0.2) is 4.98 Å².